The second-order valence-corrected chi connectivity index (χ2v) is 12.6. The largest absolute Gasteiger partial charge is 0.483 e. The van der Waals surface area contributed by atoms with Gasteiger partial charge < -0.3 is 25.2 Å². The highest BCUT2D eigenvalue weighted by Crippen LogP contribution is 2.33. The molecular formula is C39H40F3N3O6. The number of aryl methyl sites for hydroxylation is 2. The number of carbonyl (C=O) groups is 3. The Labute approximate surface area is 294 Å². The van der Waals surface area contributed by atoms with E-state index in [1.165, 1.54) is 12.1 Å². The maximum absolute atomic E-state index is 13.5. The number of carbonyl (C=O) groups excluding carboxylic acids is 3. The molecule has 5 rings (SSSR count). The van der Waals surface area contributed by atoms with Gasteiger partial charge in [0, 0.05) is 11.7 Å². The zero-order chi connectivity index (χ0) is 36.5. The number of cyclic esters (lactones) is 1. The summed E-state index contributed by atoms with van der Waals surface area (Å²) in [7, 11) is 0. The molecule has 3 unspecified atom stereocenters. The van der Waals surface area contributed by atoms with Gasteiger partial charge in [0.25, 0.3) is 11.8 Å². The summed E-state index contributed by atoms with van der Waals surface area (Å²) >= 11 is 0. The number of hydrogen-bond acceptors (Lipinski definition) is 6. The number of para-hydroxylation sites is 1. The molecule has 0 spiro atoms. The predicted octanol–water partition coefficient (Wildman–Crippen LogP) is 5.93. The molecule has 3 N–H and O–H groups in total. The standard InChI is InChI=1S/C39H40F3N3O6/c1-25-11-9-12-26(2)36(25)50-24-35(47)44-32(20-28-15-7-4-8-16-28)33(46)22-30(19-27-13-5-3-6-14-27)43-37(48)34-23-45(38(49)51-34)31-18-10-17-29(21-31)39(40,41)42/h3-18,21,30,32-34,46H,19-20,22-24H2,1-2H3,(H,43,48)(H,44,47)/t30?,32?,33-,34?/m0/s1. The van der Waals surface area contributed by atoms with Gasteiger partial charge in [0.15, 0.2) is 12.7 Å². The zero-order valence-electron chi connectivity index (χ0n) is 28.2. The first-order chi connectivity index (χ1) is 24.4. The van der Waals surface area contributed by atoms with E-state index in [2.05, 4.69) is 10.6 Å². The molecule has 1 aliphatic heterocycles. The molecule has 9 nitrogen and oxygen atoms in total. The number of alkyl halides is 3. The number of anilines is 1. The summed E-state index contributed by atoms with van der Waals surface area (Å²) in [5.41, 5.74) is 2.50. The van der Waals surface area contributed by atoms with Crippen molar-refractivity contribution in [3.8, 4) is 5.75 Å². The van der Waals surface area contributed by atoms with Gasteiger partial charge in [0.2, 0.25) is 0 Å². The van der Waals surface area contributed by atoms with Crippen LogP contribution >= 0.6 is 0 Å². The first-order valence-electron chi connectivity index (χ1n) is 16.6. The number of rotatable bonds is 14. The molecule has 0 bridgehead atoms. The van der Waals surface area contributed by atoms with E-state index >= 15 is 0 Å². The fourth-order valence-electron chi connectivity index (χ4n) is 6.07. The van der Waals surface area contributed by atoms with Crippen molar-refractivity contribution in [2.75, 3.05) is 18.1 Å². The third kappa shape index (κ3) is 10.1. The predicted molar refractivity (Wildman–Crippen MR) is 185 cm³/mol. The molecule has 4 aromatic carbocycles. The quantitative estimate of drug-likeness (QED) is 0.150. The highest BCUT2D eigenvalue weighted by Gasteiger charge is 2.39. The number of aliphatic hydroxyl groups excluding tert-OH is 1. The number of hydrogen-bond donors (Lipinski definition) is 3. The van der Waals surface area contributed by atoms with Crippen molar-refractivity contribution in [1.82, 2.24) is 10.6 Å². The van der Waals surface area contributed by atoms with Gasteiger partial charge in [-0.3, -0.25) is 14.5 Å². The minimum atomic E-state index is -4.62. The highest BCUT2D eigenvalue weighted by atomic mass is 19.4. The van der Waals surface area contributed by atoms with Crippen molar-refractivity contribution in [1.29, 1.82) is 0 Å². The molecule has 3 amide bonds. The molecule has 4 aromatic rings. The molecule has 1 aliphatic rings. The Morgan fingerprint density at radius 2 is 1.49 bits per heavy atom. The average Bonchev–Trinajstić information content (AvgIpc) is 3.50. The van der Waals surface area contributed by atoms with Crippen LogP contribution in [0.1, 0.15) is 34.2 Å². The van der Waals surface area contributed by atoms with Gasteiger partial charge in [0.05, 0.1) is 24.3 Å². The molecular weight excluding hydrogens is 663 g/mol. The Morgan fingerprint density at radius 3 is 2.12 bits per heavy atom. The smallest absolute Gasteiger partial charge is 0.416 e. The van der Waals surface area contributed by atoms with Crippen LogP contribution in [-0.2, 0) is 33.3 Å². The molecule has 51 heavy (non-hydrogen) atoms. The molecule has 1 fully saturated rings. The Bertz CT molecular complexity index is 1780. The van der Waals surface area contributed by atoms with Crippen molar-refractivity contribution < 1.29 is 42.1 Å². The minimum Gasteiger partial charge on any atom is -0.483 e. The Kier molecular flexibility index (Phi) is 12.0. The molecule has 4 atom stereocenters. The third-order valence-corrected chi connectivity index (χ3v) is 8.65. The maximum Gasteiger partial charge on any atom is 0.416 e. The molecule has 1 saturated heterocycles. The van der Waals surface area contributed by atoms with Gasteiger partial charge in [-0.15, -0.1) is 0 Å². The van der Waals surface area contributed by atoms with Crippen molar-refractivity contribution in [3.05, 3.63) is 131 Å². The summed E-state index contributed by atoms with van der Waals surface area (Å²) in [6.07, 6.45) is -7.44. The van der Waals surface area contributed by atoms with E-state index < -0.39 is 53.9 Å². The van der Waals surface area contributed by atoms with Gasteiger partial charge in [-0.25, -0.2) is 4.79 Å². The molecule has 1 heterocycles. The van der Waals surface area contributed by atoms with Crippen LogP contribution in [-0.4, -0.2) is 60.5 Å². The number of halogens is 3. The Hall–Kier alpha value is -5.36. The summed E-state index contributed by atoms with van der Waals surface area (Å²) < 4.78 is 51.1. The number of ether oxygens (including phenoxy) is 2. The summed E-state index contributed by atoms with van der Waals surface area (Å²) in [6, 6.07) is 27.0. The molecule has 0 aromatic heterocycles. The van der Waals surface area contributed by atoms with Crippen LogP contribution in [0.2, 0.25) is 0 Å². The first-order valence-corrected chi connectivity index (χ1v) is 16.6. The Morgan fingerprint density at radius 1 is 0.882 bits per heavy atom. The van der Waals surface area contributed by atoms with E-state index in [9.17, 15) is 32.7 Å². The van der Waals surface area contributed by atoms with Gasteiger partial charge >= 0.3 is 12.3 Å². The van der Waals surface area contributed by atoms with Crippen LogP contribution in [0.5, 0.6) is 5.75 Å². The van der Waals surface area contributed by atoms with E-state index in [1.54, 1.807) is 0 Å². The number of nitrogens with one attached hydrogen (secondary N) is 2. The molecule has 268 valence electrons. The summed E-state index contributed by atoms with van der Waals surface area (Å²) in [6.45, 7) is 3.19. The number of aliphatic hydroxyl groups is 1. The van der Waals surface area contributed by atoms with Crippen molar-refractivity contribution in [2.45, 2.75) is 63.6 Å². The number of amides is 3. The van der Waals surface area contributed by atoms with Crippen LogP contribution in [0, 0.1) is 13.8 Å². The van der Waals surface area contributed by atoms with E-state index in [0.717, 1.165) is 39.3 Å². The Balaban J connectivity index is 1.30. The fraction of sp³-hybridized carbons (Fsp3) is 0.308. The summed E-state index contributed by atoms with van der Waals surface area (Å²) in [5, 5.41) is 17.4. The monoisotopic (exact) mass is 703 g/mol. The molecule has 0 aliphatic carbocycles. The van der Waals surface area contributed by atoms with E-state index in [-0.39, 0.29) is 31.7 Å². The van der Waals surface area contributed by atoms with Crippen LogP contribution < -0.4 is 20.3 Å². The summed E-state index contributed by atoms with van der Waals surface area (Å²) in [4.78, 5) is 40.4. The lowest BCUT2D eigenvalue weighted by Gasteiger charge is -2.29. The van der Waals surface area contributed by atoms with Gasteiger partial charge in [-0.1, -0.05) is 84.9 Å². The lowest BCUT2D eigenvalue weighted by atomic mass is 9.93. The van der Waals surface area contributed by atoms with Crippen molar-refractivity contribution >= 4 is 23.6 Å². The maximum atomic E-state index is 13.5. The lowest BCUT2D eigenvalue weighted by Crippen LogP contribution is -2.51. The van der Waals surface area contributed by atoms with E-state index in [0.29, 0.717) is 12.2 Å². The number of nitrogens with zero attached hydrogens (tertiary/aromatic N) is 1. The molecule has 12 heteroatoms. The minimum absolute atomic E-state index is 0.00812. The SMILES string of the molecule is Cc1cccc(C)c1OCC(=O)NC(Cc1ccccc1)[C@@H](O)CC(Cc1ccccc1)NC(=O)C1CN(c2cccc(C(F)(F)F)c2)C(=O)O1. The normalized spacial score (nSPS) is 16.2. The van der Waals surface area contributed by atoms with Crippen molar-refractivity contribution in [3.63, 3.8) is 0 Å². The first kappa shape index (κ1) is 36.9. The second-order valence-electron chi connectivity index (χ2n) is 12.6. The topological polar surface area (TPSA) is 117 Å². The lowest BCUT2D eigenvalue weighted by molar-refractivity contribution is -0.137. The van der Waals surface area contributed by atoms with Crippen molar-refractivity contribution in [2.24, 2.45) is 0 Å². The van der Waals surface area contributed by atoms with Crippen LogP contribution in [0.25, 0.3) is 0 Å². The van der Waals surface area contributed by atoms with Gasteiger partial charge in [-0.05, 0) is 73.6 Å². The highest BCUT2D eigenvalue weighted by molar-refractivity contribution is 5.95. The van der Waals surface area contributed by atoms with E-state index in [4.69, 9.17) is 9.47 Å². The van der Waals surface area contributed by atoms with Crippen LogP contribution in [0.4, 0.5) is 23.7 Å². The fourth-order valence-corrected chi connectivity index (χ4v) is 6.07. The third-order valence-electron chi connectivity index (χ3n) is 8.65. The number of benzene rings is 4. The van der Waals surface area contributed by atoms with Crippen LogP contribution in [0.15, 0.2) is 103 Å². The molecule has 0 radical (unpaired) electrons. The zero-order valence-corrected chi connectivity index (χ0v) is 28.2. The van der Waals surface area contributed by atoms with Gasteiger partial charge in [0.1, 0.15) is 5.75 Å². The second kappa shape index (κ2) is 16.6. The van der Waals surface area contributed by atoms with Crippen LogP contribution in [0.3, 0.4) is 0 Å². The summed E-state index contributed by atoms with van der Waals surface area (Å²) in [5.74, 6) is -0.497. The van der Waals surface area contributed by atoms with E-state index in [1.807, 2.05) is 92.7 Å². The van der Waals surface area contributed by atoms with Gasteiger partial charge in [-0.2, -0.15) is 13.2 Å². The average molecular weight is 704 g/mol. The molecule has 0 saturated carbocycles.